The topological polar surface area (TPSA) is 3.24 Å². The average Bonchev–Trinajstić information content (AvgIpc) is 2.12. The fourth-order valence-electron chi connectivity index (χ4n) is 0.926. The van der Waals surface area contributed by atoms with E-state index in [-0.39, 0.29) is 11.9 Å². The Hall–Kier alpha value is 0.1000. The van der Waals surface area contributed by atoms with Gasteiger partial charge in [0.25, 0.3) is 0 Å². The maximum atomic E-state index is 11.6. The summed E-state index contributed by atoms with van der Waals surface area (Å²) in [6.45, 7) is 1.15. The molecule has 1 nitrogen and oxygen atoms in total. The molecule has 1 aliphatic rings. The molecule has 0 saturated carbocycles. The molecule has 0 radical (unpaired) electrons. The molecular weight excluding hydrogens is 163 g/mol. The highest BCUT2D eigenvalue weighted by molar-refractivity contribution is 7.97. The summed E-state index contributed by atoms with van der Waals surface area (Å²) in [7, 11) is 0. The van der Waals surface area contributed by atoms with Gasteiger partial charge in [-0.2, -0.15) is 13.2 Å². The highest BCUT2D eigenvalue weighted by atomic mass is 32.2. The SMILES string of the molecule is FC(F)(F)SN1CCCC1. The van der Waals surface area contributed by atoms with Crippen molar-refractivity contribution in [2.75, 3.05) is 13.1 Å². The van der Waals surface area contributed by atoms with Crippen molar-refractivity contribution in [3.63, 3.8) is 0 Å². The number of rotatable bonds is 1. The van der Waals surface area contributed by atoms with Crippen LogP contribution in [0.15, 0.2) is 0 Å². The van der Waals surface area contributed by atoms with E-state index in [9.17, 15) is 13.2 Å². The minimum Gasteiger partial charge on any atom is -0.243 e. The van der Waals surface area contributed by atoms with Gasteiger partial charge < -0.3 is 0 Å². The highest BCUT2D eigenvalue weighted by Crippen LogP contribution is 2.34. The minimum absolute atomic E-state index is 0.00231. The monoisotopic (exact) mass is 171 g/mol. The van der Waals surface area contributed by atoms with Gasteiger partial charge in [-0.25, -0.2) is 4.31 Å². The number of alkyl halides is 3. The van der Waals surface area contributed by atoms with Crippen LogP contribution in [0, 0.1) is 0 Å². The van der Waals surface area contributed by atoms with E-state index in [4.69, 9.17) is 0 Å². The van der Waals surface area contributed by atoms with E-state index in [0.717, 1.165) is 12.8 Å². The molecule has 1 heterocycles. The van der Waals surface area contributed by atoms with Crippen molar-refractivity contribution in [1.82, 2.24) is 4.31 Å². The molecule has 0 aromatic carbocycles. The summed E-state index contributed by atoms with van der Waals surface area (Å²) in [6.07, 6.45) is 1.78. The van der Waals surface area contributed by atoms with Gasteiger partial charge >= 0.3 is 5.51 Å². The zero-order valence-electron chi connectivity index (χ0n) is 5.32. The molecule has 1 saturated heterocycles. The van der Waals surface area contributed by atoms with Crippen LogP contribution < -0.4 is 0 Å². The Morgan fingerprint density at radius 3 is 2.00 bits per heavy atom. The summed E-state index contributed by atoms with van der Waals surface area (Å²) >= 11 is -0.00231. The maximum absolute atomic E-state index is 11.6. The van der Waals surface area contributed by atoms with Crippen molar-refractivity contribution in [1.29, 1.82) is 0 Å². The van der Waals surface area contributed by atoms with E-state index < -0.39 is 5.51 Å². The molecule has 10 heavy (non-hydrogen) atoms. The van der Waals surface area contributed by atoms with Crippen molar-refractivity contribution >= 4 is 11.9 Å². The standard InChI is InChI=1S/C5H8F3NS/c6-5(7,8)10-9-3-1-2-4-9/h1-4H2. The normalized spacial score (nSPS) is 21.9. The Labute approximate surface area is 61.7 Å². The summed E-state index contributed by atoms with van der Waals surface area (Å²) in [4.78, 5) is 0. The summed E-state index contributed by atoms with van der Waals surface area (Å²) in [5, 5.41) is 0. The Balaban J connectivity index is 2.24. The number of halogens is 3. The van der Waals surface area contributed by atoms with Gasteiger partial charge in [-0.15, -0.1) is 0 Å². The third-order valence-corrected chi connectivity index (χ3v) is 2.13. The van der Waals surface area contributed by atoms with Gasteiger partial charge in [0.15, 0.2) is 0 Å². The smallest absolute Gasteiger partial charge is 0.243 e. The lowest BCUT2D eigenvalue weighted by Crippen LogP contribution is -2.16. The highest BCUT2D eigenvalue weighted by Gasteiger charge is 2.33. The van der Waals surface area contributed by atoms with Gasteiger partial charge in [0, 0.05) is 25.0 Å². The lowest BCUT2D eigenvalue weighted by Gasteiger charge is -2.14. The molecule has 0 amide bonds. The van der Waals surface area contributed by atoms with E-state index in [0.29, 0.717) is 13.1 Å². The molecule has 0 spiro atoms. The van der Waals surface area contributed by atoms with Gasteiger partial charge in [-0.3, -0.25) is 0 Å². The van der Waals surface area contributed by atoms with E-state index in [1.54, 1.807) is 0 Å². The minimum atomic E-state index is -4.09. The number of nitrogens with zero attached hydrogens (tertiary/aromatic N) is 1. The summed E-state index contributed by atoms with van der Waals surface area (Å²) in [5.41, 5.74) is -4.09. The number of hydrogen-bond acceptors (Lipinski definition) is 2. The van der Waals surface area contributed by atoms with Gasteiger partial charge in [0.05, 0.1) is 0 Å². The fraction of sp³-hybridized carbons (Fsp3) is 1.00. The predicted octanol–water partition coefficient (Wildman–Crippen LogP) is 2.25. The molecule has 0 aliphatic carbocycles. The van der Waals surface area contributed by atoms with Crippen LogP contribution in [-0.2, 0) is 0 Å². The zero-order chi connectivity index (χ0) is 7.61. The van der Waals surface area contributed by atoms with Gasteiger partial charge in [-0.05, 0) is 12.8 Å². The van der Waals surface area contributed by atoms with Crippen LogP contribution in [0.3, 0.4) is 0 Å². The van der Waals surface area contributed by atoms with E-state index in [2.05, 4.69) is 0 Å². The lowest BCUT2D eigenvalue weighted by molar-refractivity contribution is -0.0358. The second-order valence-electron chi connectivity index (χ2n) is 2.17. The molecule has 1 fully saturated rings. The maximum Gasteiger partial charge on any atom is 0.456 e. The van der Waals surface area contributed by atoms with Gasteiger partial charge in [0.2, 0.25) is 0 Å². The van der Waals surface area contributed by atoms with E-state index >= 15 is 0 Å². The third-order valence-electron chi connectivity index (χ3n) is 1.30. The molecule has 0 bridgehead atoms. The van der Waals surface area contributed by atoms with Crippen molar-refractivity contribution < 1.29 is 13.2 Å². The Morgan fingerprint density at radius 1 is 1.10 bits per heavy atom. The zero-order valence-corrected chi connectivity index (χ0v) is 6.13. The quantitative estimate of drug-likeness (QED) is 0.557. The van der Waals surface area contributed by atoms with Gasteiger partial charge in [0.1, 0.15) is 0 Å². The first-order valence-corrected chi connectivity index (χ1v) is 3.86. The van der Waals surface area contributed by atoms with Crippen molar-refractivity contribution in [3.8, 4) is 0 Å². The van der Waals surface area contributed by atoms with E-state index in [1.807, 2.05) is 0 Å². The van der Waals surface area contributed by atoms with Crippen molar-refractivity contribution in [2.45, 2.75) is 18.3 Å². The predicted molar refractivity (Wildman–Crippen MR) is 34.5 cm³/mol. The summed E-state index contributed by atoms with van der Waals surface area (Å²) in [5.74, 6) is 0. The molecule has 1 aliphatic heterocycles. The first-order valence-electron chi connectivity index (χ1n) is 3.09. The molecule has 0 aromatic heterocycles. The molecular formula is C5H8F3NS. The molecule has 60 valence electrons. The average molecular weight is 171 g/mol. The second-order valence-corrected chi connectivity index (χ2v) is 3.34. The molecule has 0 N–H and O–H groups in total. The van der Waals surface area contributed by atoms with Crippen LogP contribution in [0.1, 0.15) is 12.8 Å². The summed E-state index contributed by atoms with van der Waals surface area (Å²) < 4.78 is 36.2. The Bertz CT molecular complexity index is 108. The van der Waals surface area contributed by atoms with Crippen LogP contribution in [0.5, 0.6) is 0 Å². The molecule has 0 aromatic rings. The number of hydrogen-bond donors (Lipinski definition) is 0. The Kier molecular flexibility index (Phi) is 2.46. The van der Waals surface area contributed by atoms with Crippen LogP contribution in [0.4, 0.5) is 13.2 Å². The van der Waals surface area contributed by atoms with E-state index in [1.165, 1.54) is 4.31 Å². The molecule has 0 atom stereocenters. The van der Waals surface area contributed by atoms with Crippen LogP contribution in [-0.4, -0.2) is 22.9 Å². The molecule has 5 heteroatoms. The Morgan fingerprint density at radius 2 is 1.60 bits per heavy atom. The van der Waals surface area contributed by atoms with Crippen LogP contribution >= 0.6 is 11.9 Å². The second kappa shape index (κ2) is 3.00. The van der Waals surface area contributed by atoms with Crippen molar-refractivity contribution in [3.05, 3.63) is 0 Å². The lowest BCUT2D eigenvalue weighted by atomic mass is 10.4. The molecule has 0 unspecified atom stereocenters. The molecule has 1 rings (SSSR count). The first-order chi connectivity index (χ1) is 4.58. The van der Waals surface area contributed by atoms with Crippen LogP contribution in [0.2, 0.25) is 0 Å². The fourth-order valence-corrected chi connectivity index (χ4v) is 1.66. The van der Waals surface area contributed by atoms with Crippen molar-refractivity contribution in [2.24, 2.45) is 0 Å². The largest absolute Gasteiger partial charge is 0.456 e. The third kappa shape index (κ3) is 2.79. The van der Waals surface area contributed by atoms with Gasteiger partial charge in [-0.1, -0.05) is 0 Å². The van der Waals surface area contributed by atoms with Crippen LogP contribution in [0.25, 0.3) is 0 Å². The summed E-state index contributed by atoms with van der Waals surface area (Å²) in [6, 6.07) is 0. The first kappa shape index (κ1) is 8.20.